The van der Waals surface area contributed by atoms with E-state index in [4.69, 9.17) is 75.2 Å². The second-order valence-corrected chi connectivity index (χ2v) is 22.9. The Balaban J connectivity index is 0.000000233. The maximum atomic E-state index is 13.1. The minimum absolute atomic E-state index is 0.271. The first-order valence-corrected chi connectivity index (χ1v) is 34.5. The van der Waals surface area contributed by atoms with Gasteiger partial charge in [-0.3, -0.25) is 0 Å². The van der Waals surface area contributed by atoms with E-state index in [2.05, 4.69) is 67.9 Å². The molecule has 100 heavy (non-hydrogen) atoms. The first-order valence-electron chi connectivity index (χ1n) is 34.5. The zero-order chi connectivity index (χ0) is 69.9. The van der Waals surface area contributed by atoms with Crippen molar-refractivity contribution in [1.82, 2.24) is 30.0 Å². The van der Waals surface area contributed by atoms with Crippen molar-refractivity contribution >= 4 is 44.7 Å². The highest BCUT2D eigenvalue weighted by Gasteiger charge is 2.21. The Morgan fingerprint density at radius 3 is 1.26 bits per heavy atom. The van der Waals surface area contributed by atoms with Crippen molar-refractivity contribution in [3.05, 3.63) is 118 Å². The van der Waals surface area contributed by atoms with Gasteiger partial charge < -0.3 is 94.8 Å². The van der Waals surface area contributed by atoms with Crippen LogP contribution in [0.3, 0.4) is 0 Å². The highest BCUT2D eigenvalue weighted by atomic mass is 16.6. The van der Waals surface area contributed by atoms with Gasteiger partial charge in [-0.2, -0.15) is 0 Å². The quantitative estimate of drug-likeness (QED) is 0.0524. The first-order chi connectivity index (χ1) is 49.2. The van der Waals surface area contributed by atoms with Gasteiger partial charge in [0.2, 0.25) is 0 Å². The van der Waals surface area contributed by atoms with Crippen LogP contribution >= 0.6 is 0 Å². The number of hydrogen-bond acceptors (Lipinski definition) is 26. The largest absolute Gasteiger partial charge is 0.489 e. The fourth-order valence-corrected chi connectivity index (χ4v) is 11.0. The van der Waals surface area contributed by atoms with Gasteiger partial charge in [-0.05, 0) is 88.4 Å². The smallest absolute Gasteiger partial charge is 0.362 e. The molecule has 2 fully saturated rings. The van der Waals surface area contributed by atoms with Gasteiger partial charge in [-0.1, -0.05) is 16.5 Å². The summed E-state index contributed by atoms with van der Waals surface area (Å²) in [4.78, 5) is 35.0. The van der Waals surface area contributed by atoms with Crippen LogP contribution in [-0.4, -0.2) is 255 Å². The van der Waals surface area contributed by atoms with Crippen molar-refractivity contribution in [2.24, 2.45) is 0 Å². The van der Waals surface area contributed by atoms with Gasteiger partial charge in [0.1, 0.15) is 47.3 Å². The Morgan fingerprint density at radius 1 is 0.400 bits per heavy atom. The molecular formula is C72H98N10O18. The Labute approximate surface area is 583 Å². The molecule has 0 N–H and O–H groups in total. The van der Waals surface area contributed by atoms with Gasteiger partial charge in [0, 0.05) is 112 Å². The summed E-state index contributed by atoms with van der Waals surface area (Å²) in [6.45, 7) is 25.7. The number of benzene rings is 4. The standard InChI is InChI=1S/2C36H49N5O9/c1-4-39(5-2)30-8-6-29-24-33(36(42)50-34(29)26-30)41-27-31(37-38-41)28-7-9-32(35(25-28)49-23-14-43-3)40-10-12-44-15-17-46-19-21-48-22-20-47-18-16-45-13-11-40;1-4-39(5-2)29-7-6-28-24-31(36(42)50-34(28)25-29)32-27-41(38-37-32)30-8-9-33(35(26-30)49-23-14-43-3)40-10-12-44-15-17-46-19-21-48-22-20-47-18-16-45-13-11-40/h2*6-9,24-27H,4-5,10-23H2,1-3H3. The number of anilines is 4. The molecule has 0 aliphatic carbocycles. The molecule has 0 saturated carbocycles. The molecule has 2 saturated heterocycles. The zero-order valence-electron chi connectivity index (χ0n) is 58.7. The van der Waals surface area contributed by atoms with E-state index in [9.17, 15) is 9.59 Å². The van der Waals surface area contributed by atoms with Crippen LogP contribution in [0, 0.1) is 0 Å². The SMILES string of the molecule is CCN(CC)c1ccc2cc(-c3cn(-c4ccc(N5CCOCCOCCOCCOCCOCC5)c(OCCOC)c4)nn3)c(=O)oc2c1.CCN(CC)c1ccc2cc(-n3cc(-c4ccc(N5CCOCCOCCOCCOCCOCC5)c(OCCOC)c4)nn3)c(=O)oc2c1. The molecule has 0 unspecified atom stereocenters. The summed E-state index contributed by atoms with van der Waals surface area (Å²) in [7, 11) is 3.27. The topological polar surface area (TPSA) is 264 Å². The Bertz CT molecular complexity index is 3520. The molecule has 0 bridgehead atoms. The number of nitrogens with zero attached hydrogens (tertiary/aromatic N) is 10. The van der Waals surface area contributed by atoms with E-state index in [1.807, 2.05) is 72.8 Å². The van der Waals surface area contributed by atoms with Gasteiger partial charge in [-0.15, -0.1) is 10.2 Å². The highest BCUT2D eigenvalue weighted by molar-refractivity contribution is 5.84. The summed E-state index contributed by atoms with van der Waals surface area (Å²) in [5.74, 6) is 1.29. The molecule has 8 aromatic rings. The average Bonchev–Trinajstić information content (AvgIpc) is 1.47. The molecule has 28 heteroatoms. The minimum Gasteiger partial charge on any atom is -0.489 e. The zero-order valence-corrected chi connectivity index (χ0v) is 58.7. The van der Waals surface area contributed by atoms with Crippen molar-refractivity contribution in [1.29, 1.82) is 0 Å². The van der Waals surface area contributed by atoms with E-state index in [0.717, 1.165) is 65.3 Å². The molecular weight excluding hydrogens is 1290 g/mol. The molecule has 10 rings (SSSR count). The van der Waals surface area contributed by atoms with Crippen molar-refractivity contribution in [3.8, 4) is 45.4 Å². The van der Waals surface area contributed by atoms with Gasteiger partial charge in [0.15, 0.2) is 5.69 Å². The van der Waals surface area contributed by atoms with Crippen LogP contribution in [0.2, 0.25) is 0 Å². The summed E-state index contributed by atoms with van der Waals surface area (Å²) in [5, 5.41) is 19.0. The summed E-state index contributed by atoms with van der Waals surface area (Å²) in [6, 6.07) is 27.0. The van der Waals surface area contributed by atoms with Crippen LogP contribution in [0.1, 0.15) is 27.7 Å². The predicted molar refractivity (Wildman–Crippen MR) is 380 cm³/mol. The van der Waals surface area contributed by atoms with Crippen LogP contribution in [-0.2, 0) is 56.8 Å². The molecule has 2 aliphatic rings. The second kappa shape index (κ2) is 42.2. The van der Waals surface area contributed by atoms with Crippen LogP contribution < -0.4 is 40.3 Å². The van der Waals surface area contributed by atoms with E-state index < -0.39 is 11.3 Å². The third-order valence-corrected chi connectivity index (χ3v) is 16.4. The molecule has 544 valence electrons. The first kappa shape index (κ1) is 76.1. The Morgan fingerprint density at radius 2 is 0.800 bits per heavy atom. The fourth-order valence-electron chi connectivity index (χ4n) is 11.0. The van der Waals surface area contributed by atoms with Crippen LogP contribution in [0.15, 0.2) is 116 Å². The number of ether oxygens (including phenoxy) is 14. The lowest BCUT2D eigenvalue weighted by Crippen LogP contribution is -2.32. The fraction of sp³-hybridized carbons (Fsp3) is 0.528. The van der Waals surface area contributed by atoms with Gasteiger partial charge >= 0.3 is 11.3 Å². The maximum absolute atomic E-state index is 13.1. The molecule has 28 nitrogen and oxygen atoms in total. The summed E-state index contributed by atoms with van der Waals surface area (Å²) >= 11 is 0. The number of aromatic nitrogens is 6. The van der Waals surface area contributed by atoms with Crippen LogP contribution in [0.5, 0.6) is 11.5 Å². The van der Waals surface area contributed by atoms with Crippen LogP contribution in [0.4, 0.5) is 22.7 Å². The molecule has 4 aromatic carbocycles. The highest BCUT2D eigenvalue weighted by Crippen LogP contribution is 2.35. The lowest BCUT2D eigenvalue weighted by molar-refractivity contribution is -0.0116. The van der Waals surface area contributed by atoms with Crippen molar-refractivity contribution in [3.63, 3.8) is 0 Å². The number of fused-ring (bicyclic) bond motifs is 2. The number of rotatable bonds is 20. The van der Waals surface area contributed by atoms with Gasteiger partial charge in [0.25, 0.3) is 0 Å². The Hall–Kier alpha value is -8.10. The maximum Gasteiger partial charge on any atom is 0.362 e. The van der Waals surface area contributed by atoms with Crippen molar-refractivity contribution in [2.45, 2.75) is 27.7 Å². The normalized spacial score (nSPS) is 16.2. The summed E-state index contributed by atoms with van der Waals surface area (Å²) in [6.07, 6.45) is 3.43. The molecule has 0 atom stereocenters. The molecule has 0 spiro atoms. The molecule has 0 radical (unpaired) electrons. The lowest BCUT2D eigenvalue weighted by atomic mass is 10.1. The third-order valence-electron chi connectivity index (χ3n) is 16.4. The van der Waals surface area contributed by atoms with Crippen molar-refractivity contribution < 1.29 is 75.2 Å². The number of methoxy groups -OCH3 is 2. The van der Waals surface area contributed by atoms with Gasteiger partial charge in [-0.25, -0.2) is 19.0 Å². The van der Waals surface area contributed by atoms with E-state index in [1.165, 1.54) is 4.68 Å². The van der Waals surface area contributed by atoms with E-state index in [1.54, 1.807) is 43.4 Å². The van der Waals surface area contributed by atoms with E-state index >= 15 is 0 Å². The van der Waals surface area contributed by atoms with E-state index in [0.29, 0.717) is 230 Å². The van der Waals surface area contributed by atoms with Crippen molar-refractivity contribution in [2.75, 3.05) is 245 Å². The van der Waals surface area contributed by atoms with E-state index in [-0.39, 0.29) is 5.69 Å². The molecule has 0 amide bonds. The monoisotopic (exact) mass is 1390 g/mol. The summed E-state index contributed by atoms with van der Waals surface area (Å²) in [5.41, 5.74) is 6.89. The molecule has 2 aliphatic heterocycles. The third kappa shape index (κ3) is 23.0. The summed E-state index contributed by atoms with van der Waals surface area (Å²) < 4.78 is 94.5. The lowest BCUT2D eigenvalue weighted by Gasteiger charge is -2.27. The predicted octanol–water partition coefficient (Wildman–Crippen LogP) is 7.63. The molecule has 4 aromatic heterocycles. The number of hydrogen-bond donors (Lipinski definition) is 0. The second-order valence-electron chi connectivity index (χ2n) is 22.9. The van der Waals surface area contributed by atoms with Gasteiger partial charge in [0.05, 0.1) is 180 Å². The Kier molecular flexibility index (Phi) is 32.1. The molecule has 6 heterocycles. The average molecular weight is 1390 g/mol. The van der Waals surface area contributed by atoms with Crippen LogP contribution in [0.25, 0.3) is 55.8 Å². The minimum atomic E-state index is -0.500.